The minimum absolute atomic E-state index is 0.0177. The van der Waals surface area contributed by atoms with Crippen molar-refractivity contribution in [3.8, 4) is 0 Å². The fourth-order valence-electron chi connectivity index (χ4n) is 3.94. The second-order valence-corrected chi connectivity index (χ2v) is 8.10. The standard InChI is InChI=1S/C16H24N4O2S/c1-11(21)18-16-9-19(8-15-6-17-12(2)23-15)5-4-14(16)7-20(10-16)13(3)22/h6,14H,4-5,7-10H2,1-3H3,(H,18,21)/t14-,16-/m1/s1. The van der Waals surface area contributed by atoms with Crippen LogP contribution in [0.25, 0.3) is 0 Å². The van der Waals surface area contributed by atoms with Crippen molar-refractivity contribution in [1.82, 2.24) is 20.1 Å². The van der Waals surface area contributed by atoms with E-state index in [4.69, 9.17) is 0 Å². The van der Waals surface area contributed by atoms with Crippen molar-refractivity contribution < 1.29 is 9.59 Å². The Labute approximate surface area is 140 Å². The van der Waals surface area contributed by atoms with Crippen LogP contribution in [0.4, 0.5) is 0 Å². The molecule has 0 saturated carbocycles. The number of hydrogen-bond donors (Lipinski definition) is 1. The van der Waals surface area contributed by atoms with Gasteiger partial charge in [-0.3, -0.25) is 14.5 Å². The van der Waals surface area contributed by atoms with Gasteiger partial charge in [-0.2, -0.15) is 0 Å². The Balaban J connectivity index is 1.76. The fourth-order valence-corrected chi connectivity index (χ4v) is 4.78. The number of carbonyl (C=O) groups excluding carboxylic acids is 2. The minimum atomic E-state index is -0.310. The van der Waals surface area contributed by atoms with Gasteiger partial charge in [0.1, 0.15) is 0 Å². The number of nitrogens with zero attached hydrogens (tertiary/aromatic N) is 3. The van der Waals surface area contributed by atoms with Crippen LogP contribution in [0.3, 0.4) is 0 Å². The van der Waals surface area contributed by atoms with E-state index < -0.39 is 0 Å². The molecule has 126 valence electrons. The first kappa shape index (κ1) is 16.4. The number of amides is 2. The zero-order valence-electron chi connectivity index (χ0n) is 14.0. The van der Waals surface area contributed by atoms with Crippen LogP contribution in [0.15, 0.2) is 6.20 Å². The fraction of sp³-hybridized carbons (Fsp3) is 0.688. The van der Waals surface area contributed by atoms with Crippen LogP contribution in [0, 0.1) is 12.8 Å². The molecular weight excluding hydrogens is 312 g/mol. The Bertz CT molecular complexity index is 617. The summed E-state index contributed by atoms with van der Waals surface area (Å²) in [7, 11) is 0. The lowest BCUT2D eigenvalue weighted by atomic mass is 9.81. The SMILES string of the molecule is CC(=O)N[C@@]12CN(Cc3cnc(C)s3)CC[C@@H]1CN(C(C)=O)C2. The largest absolute Gasteiger partial charge is 0.347 e. The lowest BCUT2D eigenvalue weighted by Gasteiger charge is -2.44. The second-order valence-electron chi connectivity index (χ2n) is 6.78. The maximum absolute atomic E-state index is 11.8. The average Bonchev–Trinajstić information content (AvgIpc) is 3.01. The third-order valence-electron chi connectivity index (χ3n) is 4.91. The molecule has 3 heterocycles. The van der Waals surface area contributed by atoms with Gasteiger partial charge in [-0.1, -0.05) is 0 Å². The topological polar surface area (TPSA) is 65.5 Å². The number of hydrogen-bond acceptors (Lipinski definition) is 5. The zero-order chi connectivity index (χ0) is 16.6. The quantitative estimate of drug-likeness (QED) is 0.895. The molecule has 2 fully saturated rings. The molecule has 2 atom stereocenters. The van der Waals surface area contributed by atoms with Crippen LogP contribution in [0.5, 0.6) is 0 Å². The van der Waals surface area contributed by atoms with Crippen molar-refractivity contribution in [2.45, 2.75) is 39.3 Å². The highest BCUT2D eigenvalue weighted by atomic mass is 32.1. The van der Waals surface area contributed by atoms with Crippen LogP contribution in [0.2, 0.25) is 0 Å². The van der Waals surface area contributed by atoms with Gasteiger partial charge in [0, 0.05) is 57.0 Å². The molecule has 1 N–H and O–H groups in total. The molecule has 6 nitrogen and oxygen atoms in total. The van der Waals surface area contributed by atoms with Gasteiger partial charge in [0.05, 0.1) is 10.5 Å². The Morgan fingerprint density at radius 2 is 2.22 bits per heavy atom. The number of thiazole rings is 1. The van der Waals surface area contributed by atoms with Gasteiger partial charge in [0.15, 0.2) is 0 Å². The molecular formula is C16H24N4O2S. The first-order valence-electron chi connectivity index (χ1n) is 8.06. The molecule has 7 heteroatoms. The third kappa shape index (κ3) is 3.40. The van der Waals surface area contributed by atoms with Gasteiger partial charge in [-0.05, 0) is 19.9 Å². The Kier molecular flexibility index (Phi) is 4.42. The number of nitrogens with one attached hydrogen (secondary N) is 1. The lowest BCUT2D eigenvalue weighted by Crippen LogP contribution is -2.63. The van der Waals surface area contributed by atoms with Crippen LogP contribution in [-0.2, 0) is 16.1 Å². The molecule has 1 aromatic heterocycles. The van der Waals surface area contributed by atoms with E-state index in [0.717, 1.165) is 37.6 Å². The number of piperidine rings is 1. The lowest BCUT2D eigenvalue weighted by molar-refractivity contribution is -0.128. The first-order chi connectivity index (χ1) is 10.9. The molecule has 0 radical (unpaired) electrons. The number of carbonyl (C=O) groups is 2. The van der Waals surface area contributed by atoms with Crippen LogP contribution in [0.1, 0.15) is 30.2 Å². The summed E-state index contributed by atoms with van der Waals surface area (Å²) in [6.07, 6.45) is 2.94. The predicted molar refractivity (Wildman–Crippen MR) is 89.0 cm³/mol. The first-order valence-corrected chi connectivity index (χ1v) is 8.87. The highest BCUT2D eigenvalue weighted by Gasteiger charge is 2.50. The summed E-state index contributed by atoms with van der Waals surface area (Å²) in [5, 5.41) is 4.26. The summed E-state index contributed by atoms with van der Waals surface area (Å²) in [6, 6.07) is 0. The molecule has 1 aromatic rings. The van der Waals surface area contributed by atoms with Crippen molar-refractivity contribution in [3.63, 3.8) is 0 Å². The summed E-state index contributed by atoms with van der Waals surface area (Å²) in [5.74, 6) is 0.416. The number of fused-ring (bicyclic) bond motifs is 1. The Morgan fingerprint density at radius 3 is 2.83 bits per heavy atom. The van der Waals surface area contributed by atoms with E-state index in [1.165, 1.54) is 4.88 Å². The van der Waals surface area contributed by atoms with Crippen molar-refractivity contribution in [2.24, 2.45) is 5.92 Å². The normalized spacial score (nSPS) is 27.8. The van der Waals surface area contributed by atoms with Crippen molar-refractivity contribution in [2.75, 3.05) is 26.2 Å². The van der Waals surface area contributed by atoms with E-state index in [2.05, 4.69) is 15.2 Å². The number of aromatic nitrogens is 1. The maximum atomic E-state index is 11.8. The maximum Gasteiger partial charge on any atom is 0.219 e. The molecule has 0 spiro atoms. The second kappa shape index (κ2) is 6.20. The van der Waals surface area contributed by atoms with Crippen LogP contribution in [-0.4, -0.2) is 58.3 Å². The van der Waals surface area contributed by atoms with E-state index in [1.54, 1.807) is 25.2 Å². The molecule has 0 aliphatic carbocycles. The summed E-state index contributed by atoms with van der Waals surface area (Å²) in [5.41, 5.74) is -0.310. The number of aryl methyl sites for hydroxylation is 1. The molecule has 0 bridgehead atoms. The Morgan fingerprint density at radius 1 is 1.43 bits per heavy atom. The van der Waals surface area contributed by atoms with Gasteiger partial charge >= 0.3 is 0 Å². The highest BCUT2D eigenvalue weighted by molar-refractivity contribution is 7.11. The Hall–Kier alpha value is -1.47. The van der Waals surface area contributed by atoms with Crippen LogP contribution >= 0.6 is 11.3 Å². The van der Waals surface area contributed by atoms with E-state index in [9.17, 15) is 9.59 Å². The van der Waals surface area contributed by atoms with E-state index in [1.807, 2.05) is 18.0 Å². The monoisotopic (exact) mass is 336 g/mol. The summed E-state index contributed by atoms with van der Waals surface area (Å²) in [6.45, 7) is 9.20. The average molecular weight is 336 g/mol. The van der Waals surface area contributed by atoms with Crippen LogP contribution < -0.4 is 5.32 Å². The minimum Gasteiger partial charge on any atom is -0.347 e. The molecule has 2 saturated heterocycles. The molecule has 2 aliphatic rings. The van der Waals surface area contributed by atoms with Gasteiger partial charge in [-0.15, -0.1) is 11.3 Å². The smallest absolute Gasteiger partial charge is 0.219 e. The van der Waals surface area contributed by atoms with Gasteiger partial charge < -0.3 is 10.2 Å². The van der Waals surface area contributed by atoms with E-state index >= 15 is 0 Å². The summed E-state index contributed by atoms with van der Waals surface area (Å²) >= 11 is 1.72. The van der Waals surface area contributed by atoms with Crippen molar-refractivity contribution in [3.05, 3.63) is 16.1 Å². The third-order valence-corrected chi connectivity index (χ3v) is 5.81. The van der Waals surface area contributed by atoms with Crippen molar-refractivity contribution >= 4 is 23.2 Å². The summed E-state index contributed by atoms with van der Waals surface area (Å²) < 4.78 is 0. The molecule has 3 rings (SSSR count). The molecule has 23 heavy (non-hydrogen) atoms. The molecule has 2 amide bonds. The molecule has 2 aliphatic heterocycles. The van der Waals surface area contributed by atoms with Gasteiger partial charge in [0.25, 0.3) is 0 Å². The van der Waals surface area contributed by atoms with E-state index in [0.29, 0.717) is 12.5 Å². The summed E-state index contributed by atoms with van der Waals surface area (Å²) in [4.78, 5) is 33.4. The van der Waals surface area contributed by atoms with Gasteiger partial charge in [-0.25, -0.2) is 4.98 Å². The molecule has 0 unspecified atom stereocenters. The van der Waals surface area contributed by atoms with E-state index in [-0.39, 0.29) is 17.4 Å². The number of rotatable bonds is 3. The highest BCUT2D eigenvalue weighted by Crippen LogP contribution is 2.36. The van der Waals surface area contributed by atoms with Crippen molar-refractivity contribution in [1.29, 1.82) is 0 Å². The number of likely N-dealkylation sites (tertiary alicyclic amines) is 2. The van der Waals surface area contributed by atoms with Gasteiger partial charge in [0.2, 0.25) is 11.8 Å². The molecule has 0 aromatic carbocycles. The zero-order valence-corrected chi connectivity index (χ0v) is 14.8. The predicted octanol–water partition coefficient (Wildman–Crippen LogP) is 1.01.